The molecule has 0 aromatic rings. The van der Waals surface area contributed by atoms with Crippen molar-refractivity contribution in [2.45, 2.75) is 49.8 Å². The molecule has 1 heterocycles. The molecule has 3 heteroatoms. The van der Waals surface area contributed by atoms with Crippen LogP contribution in [-0.2, 0) is 0 Å². The lowest BCUT2D eigenvalue weighted by Gasteiger charge is -2.32. The summed E-state index contributed by atoms with van der Waals surface area (Å²) in [6.45, 7) is 0. The smallest absolute Gasteiger partial charge is 0.0405 e. The number of rotatable bonds is 3. The Morgan fingerprint density at radius 2 is 2.12 bits per heavy atom. The molecule has 1 aliphatic heterocycles. The van der Waals surface area contributed by atoms with Crippen LogP contribution in [-0.4, -0.2) is 35.6 Å². The van der Waals surface area contributed by atoms with E-state index in [2.05, 4.69) is 42.0 Å². The highest BCUT2D eigenvalue weighted by Gasteiger charge is 2.26. The summed E-state index contributed by atoms with van der Waals surface area (Å²) in [5.74, 6) is 4.00. The van der Waals surface area contributed by atoms with E-state index in [-0.39, 0.29) is 0 Å². The van der Waals surface area contributed by atoms with Gasteiger partial charge in [-0.05, 0) is 32.7 Å². The maximum atomic E-state index is 3.59. The Hall–Kier alpha value is 0.400. The molecular formula is C14H25NS2. The minimum absolute atomic E-state index is 0.630. The van der Waals surface area contributed by atoms with Gasteiger partial charge in [0.1, 0.15) is 0 Å². The maximum absolute atomic E-state index is 3.59. The van der Waals surface area contributed by atoms with Gasteiger partial charge in [-0.3, -0.25) is 0 Å². The van der Waals surface area contributed by atoms with Crippen LogP contribution in [0.3, 0.4) is 0 Å². The van der Waals surface area contributed by atoms with Crippen molar-refractivity contribution in [3.8, 4) is 0 Å². The monoisotopic (exact) mass is 271 g/mol. The largest absolute Gasteiger partial charge is 0.312 e. The lowest BCUT2D eigenvalue weighted by Crippen LogP contribution is -2.40. The van der Waals surface area contributed by atoms with Crippen molar-refractivity contribution < 1.29 is 0 Å². The lowest BCUT2D eigenvalue weighted by atomic mass is 9.93. The van der Waals surface area contributed by atoms with Crippen LogP contribution in [0, 0.1) is 0 Å². The summed E-state index contributed by atoms with van der Waals surface area (Å²) >= 11 is 4.31. The van der Waals surface area contributed by atoms with Gasteiger partial charge in [-0.1, -0.05) is 24.5 Å². The van der Waals surface area contributed by atoms with Crippen LogP contribution in [0.1, 0.15) is 38.5 Å². The zero-order valence-electron chi connectivity index (χ0n) is 10.9. The number of nitrogens with one attached hydrogen (secondary N) is 1. The summed E-state index contributed by atoms with van der Waals surface area (Å²) in [6.07, 6.45) is 10.8. The second-order valence-electron chi connectivity index (χ2n) is 4.98. The highest BCUT2D eigenvalue weighted by atomic mass is 32.2. The van der Waals surface area contributed by atoms with Gasteiger partial charge in [0.2, 0.25) is 0 Å². The first-order valence-electron chi connectivity index (χ1n) is 6.97. The number of hydrogen-bond donors (Lipinski definition) is 1. The van der Waals surface area contributed by atoms with Gasteiger partial charge in [0.15, 0.2) is 0 Å². The Balaban J connectivity index is 1.98. The Morgan fingerprint density at radius 3 is 2.88 bits per heavy atom. The van der Waals surface area contributed by atoms with Crippen LogP contribution in [0.15, 0.2) is 11.6 Å². The molecule has 1 fully saturated rings. The van der Waals surface area contributed by atoms with Gasteiger partial charge in [0.25, 0.3) is 0 Å². The molecule has 2 rings (SSSR count). The fraction of sp³-hybridized carbons (Fsp3) is 0.857. The topological polar surface area (TPSA) is 12.0 Å². The number of allylic oxidation sites excluding steroid dienone is 1. The lowest BCUT2D eigenvalue weighted by molar-refractivity contribution is 0.558. The van der Waals surface area contributed by atoms with Gasteiger partial charge in [0.05, 0.1) is 0 Å². The SMILES string of the molecule is CNC(C1=CCCCCCC1)C1CSCCS1. The van der Waals surface area contributed by atoms with Gasteiger partial charge in [-0.25, -0.2) is 0 Å². The Bertz CT molecular complexity index is 247. The van der Waals surface area contributed by atoms with Crippen LogP contribution < -0.4 is 5.32 Å². The van der Waals surface area contributed by atoms with Crippen molar-refractivity contribution in [2.75, 3.05) is 24.3 Å². The molecule has 1 N–H and O–H groups in total. The van der Waals surface area contributed by atoms with E-state index in [0.29, 0.717) is 6.04 Å². The van der Waals surface area contributed by atoms with Gasteiger partial charge in [-0.15, -0.1) is 0 Å². The van der Waals surface area contributed by atoms with E-state index in [1.807, 2.05) is 0 Å². The predicted octanol–water partition coefficient (Wildman–Crippen LogP) is 3.70. The van der Waals surface area contributed by atoms with E-state index in [0.717, 1.165) is 5.25 Å². The molecule has 0 spiro atoms. The van der Waals surface area contributed by atoms with Gasteiger partial charge in [-0.2, -0.15) is 23.5 Å². The fourth-order valence-corrected chi connectivity index (χ4v) is 5.73. The third-order valence-corrected chi connectivity index (χ3v) is 6.61. The second kappa shape index (κ2) is 7.75. The van der Waals surface area contributed by atoms with Crippen molar-refractivity contribution in [1.29, 1.82) is 0 Å². The summed E-state index contributed by atoms with van der Waals surface area (Å²) in [5.41, 5.74) is 1.70. The average Bonchev–Trinajstić information content (AvgIpc) is 2.34. The Kier molecular flexibility index (Phi) is 6.30. The van der Waals surface area contributed by atoms with Gasteiger partial charge in [0, 0.05) is 28.6 Å². The summed E-state index contributed by atoms with van der Waals surface area (Å²) in [7, 11) is 2.14. The number of hydrogen-bond acceptors (Lipinski definition) is 3. The number of likely N-dealkylation sites (N-methyl/N-ethyl adjacent to an activating group) is 1. The zero-order valence-corrected chi connectivity index (χ0v) is 12.5. The molecule has 1 nitrogen and oxygen atoms in total. The molecule has 1 saturated heterocycles. The van der Waals surface area contributed by atoms with Crippen LogP contribution in [0.25, 0.3) is 0 Å². The van der Waals surface area contributed by atoms with Crippen LogP contribution in [0.2, 0.25) is 0 Å². The van der Waals surface area contributed by atoms with Crippen molar-refractivity contribution in [1.82, 2.24) is 5.32 Å². The third-order valence-electron chi connectivity index (χ3n) is 3.75. The molecule has 2 unspecified atom stereocenters. The fourth-order valence-electron chi connectivity index (χ4n) is 2.81. The van der Waals surface area contributed by atoms with Crippen molar-refractivity contribution in [2.24, 2.45) is 0 Å². The van der Waals surface area contributed by atoms with E-state index in [1.165, 1.54) is 55.8 Å². The molecule has 0 aromatic carbocycles. The molecule has 98 valence electrons. The highest BCUT2D eigenvalue weighted by molar-refractivity contribution is 8.06. The summed E-state index contributed by atoms with van der Waals surface area (Å²) in [5, 5.41) is 4.38. The summed E-state index contributed by atoms with van der Waals surface area (Å²) in [4.78, 5) is 0. The van der Waals surface area contributed by atoms with Crippen LogP contribution >= 0.6 is 23.5 Å². The highest BCUT2D eigenvalue weighted by Crippen LogP contribution is 2.31. The molecule has 0 saturated carbocycles. The molecular weight excluding hydrogens is 246 g/mol. The molecule has 2 aliphatic rings. The molecule has 0 bridgehead atoms. The third kappa shape index (κ3) is 4.22. The van der Waals surface area contributed by atoms with Crippen molar-refractivity contribution in [3.63, 3.8) is 0 Å². The van der Waals surface area contributed by atoms with Crippen LogP contribution in [0.4, 0.5) is 0 Å². The molecule has 17 heavy (non-hydrogen) atoms. The van der Waals surface area contributed by atoms with Crippen molar-refractivity contribution in [3.05, 3.63) is 11.6 Å². The molecule has 0 radical (unpaired) electrons. The molecule has 0 aromatic heterocycles. The van der Waals surface area contributed by atoms with E-state index < -0.39 is 0 Å². The Morgan fingerprint density at radius 1 is 1.24 bits per heavy atom. The predicted molar refractivity (Wildman–Crippen MR) is 82.2 cm³/mol. The standard InChI is InChI=1S/C14H25NS2/c1-15-14(13-11-16-9-10-17-13)12-7-5-3-2-4-6-8-12/h7,13-15H,2-6,8-11H2,1H3. The maximum Gasteiger partial charge on any atom is 0.0405 e. The van der Waals surface area contributed by atoms with Gasteiger partial charge < -0.3 is 5.32 Å². The van der Waals surface area contributed by atoms with E-state index in [9.17, 15) is 0 Å². The first kappa shape index (κ1) is 13.8. The molecule has 1 aliphatic carbocycles. The zero-order chi connectivity index (χ0) is 11.9. The normalized spacial score (nSPS) is 29.0. The quantitative estimate of drug-likeness (QED) is 0.786. The summed E-state index contributed by atoms with van der Waals surface area (Å²) in [6, 6.07) is 0.630. The second-order valence-corrected chi connectivity index (χ2v) is 7.48. The first-order chi connectivity index (χ1) is 8.42. The van der Waals surface area contributed by atoms with Crippen molar-refractivity contribution >= 4 is 23.5 Å². The van der Waals surface area contributed by atoms with E-state index >= 15 is 0 Å². The molecule has 0 amide bonds. The van der Waals surface area contributed by atoms with Crippen LogP contribution in [0.5, 0.6) is 0 Å². The Labute approximate surface area is 115 Å². The minimum atomic E-state index is 0.630. The van der Waals surface area contributed by atoms with E-state index in [1.54, 1.807) is 5.57 Å². The van der Waals surface area contributed by atoms with Gasteiger partial charge >= 0.3 is 0 Å². The average molecular weight is 271 g/mol. The first-order valence-corrected chi connectivity index (χ1v) is 9.17. The minimum Gasteiger partial charge on any atom is -0.312 e. The van der Waals surface area contributed by atoms with E-state index in [4.69, 9.17) is 0 Å². The summed E-state index contributed by atoms with van der Waals surface area (Å²) < 4.78 is 0. The molecule has 2 atom stereocenters. The number of thioether (sulfide) groups is 2.